The Morgan fingerprint density at radius 3 is 3.06 bits per heavy atom. The fourth-order valence-electron chi connectivity index (χ4n) is 2.06. The summed E-state index contributed by atoms with van der Waals surface area (Å²) < 4.78 is 10.5. The van der Waals surface area contributed by atoms with Gasteiger partial charge in [-0.2, -0.15) is 0 Å². The van der Waals surface area contributed by atoms with Crippen molar-refractivity contribution in [3.8, 4) is 0 Å². The molecule has 2 N–H and O–H groups in total. The Hall–Kier alpha value is -0.650. The second kappa shape index (κ2) is 8.44. The molecule has 1 rings (SSSR count). The summed E-state index contributed by atoms with van der Waals surface area (Å²) in [7, 11) is 1.65. The molecule has 1 amide bonds. The van der Waals surface area contributed by atoms with E-state index in [1.54, 1.807) is 7.11 Å². The van der Waals surface area contributed by atoms with Gasteiger partial charge in [0.25, 0.3) is 0 Å². The normalized spacial score (nSPS) is 23.9. The zero-order valence-electron chi connectivity index (χ0n) is 10.8. The van der Waals surface area contributed by atoms with Crippen LogP contribution in [0.5, 0.6) is 0 Å². The smallest absolute Gasteiger partial charge is 0.233 e. The molecular formula is C12H24N2O3. The van der Waals surface area contributed by atoms with Gasteiger partial charge in [0.05, 0.1) is 19.3 Å². The minimum absolute atomic E-state index is 0.0443. The van der Waals surface area contributed by atoms with Crippen LogP contribution in [-0.2, 0) is 14.3 Å². The van der Waals surface area contributed by atoms with E-state index in [9.17, 15) is 4.79 Å². The molecule has 17 heavy (non-hydrogen) atoms. The molecule has 0 aromatic carbocycles. The number of carbonyl (C=O) groups excluding carboxylic acids is 1. The van der Waals surface area contributed by atoms with E-state index in [0.717, 1.165) is 26.0 Å². The molecule has 2 unspecified atom stereocenters. The van der Waals surface area contributed by atoms with Gasteiger partial charge < -0.3 is 20.1 Å². The van der Waals surface area contributed by atoms with Crippen LogP contribution in [0.4, 0.5) is 0 Å². The summed E-state index contributed by atoms with van der Waals surface area (Å²) >= 11 is 0. The summed E-state index contributed by atoms with van der Waals surface area (Å²) in [4.78, 5) is 11.5. The highest BCUT2D eigenvalue weighted by Crippen LogP contribution is 2.22. The molecule has 5 heteroatoms. The first-order valence-electron chi connectivity index (χ1n) is 6.35. The molecule has 0 aliphatic carbocycles. The number of hydrogen-bond acceptors (Lipinski definition) is 4. The van der Waals surface area contributed by atoms with E-state index in [-0.39, 0.29) is 5.91 Å². The van der Waals surface area contributed by atoms with E-state index in [0.29, 0.717) is 31.7 Å². The fraction of sp³-hybridized carbons (Fsp3) is 0.917. The molecule has 5 nitrogen and oxygen atoms in total. The second-order valence-electron chi connectivity index (χ2n) is 4.34. The number of hydrogen-bond donors (Lipinski definition) is 2. The minimum Gasteiger partial charge on any atom is -0.383 e. The number of nitrogens with one attached hydrogen (secondary N) is 2. The summed E-state index contributed by atoms with van der Waals surface area (Å²) in [5.41, 5.74) is 0. The van der Waals surface area contributed by atoms with Crippen molar-refractivity contribution < 1.29 is 14.3 Å². The first-order valence-corrected chi connectivity index (χ1v) is 6.35. The third kappa shape index (κ3) is 5.48. The summed E-state index contributed by atoms with van der Waals surface area (Å²) in [6.07, 6.45) is 2.39. The number of rotatable bonds is 8. The van der Waals surface area contributed by atoms with E-state index in [4.69, 9.17) is 9.47 Å². The van der Waals surface area contributed by atoms with Crippen molar-refractivity contribution in [2.24, 2.45) is 5.92 Å². The van der Waals surface area contributed by atoms with Crippen molar-refractivity contribution in [3.05, 3.63) is 0 Å². The van der Waals surface area contributed by atoms with Crippen LogP contribution >= 0.6 is 0 Å². The van der Waals surface area contributed by atoms with Gasteiger partial charge in [-0.25, -0.2) is 0 Å². The average Bonchev–Trinajstić information content (AvgIpc) is 2.79. The monoisotopic (exact) mass is 244 g/mol. The van der Waals surface area contributed by atoms with Crippen LogP contribution in [0.3, 0.4) is 0 Å². The van der Waals surface area contributed by atoms with E-state index >= 15 is 0 Å². The van der Waals surface area contributed by atoms with Gasteiger partial charge in [-0.1, -0.05) is 6.92 Å². The van der Waals surface area contributed by atoms with E-state index in [2.05, 4.69) is 17.6 Å². The molecule has 0 radical (unpaired) electrons. The fourth-order valence-corrected chi connectivity index (χ4v) is 2.06. The largest absolute Gasteiger partial charge is 0.383 e. The van der Waals surface area contributed by atoms with Gasteiger partial charge in [-0.15, -0.1) is 0 Å². The number of methoxy groups -OCH3 is 1. The van der Waals surface area contributed by atoms with Crippen molar-refractivity contribution in [3.63, 3.8) is 0 Å². The average molecular weight is 244 g/mol. The van der Waals surface area contributed by atoms with Crippen molar-refractivity contribution in [2.45, 2.75) is 25.9 Å². The number of carbonyl (C=O) groups is 1. The summed E-state index contributed by atoms with van der Waals surface area (Å²) in [5.74, 6) is 0.519. The molecule has 0 aromatic rings. The van der Waals surface area contributed by atoms with Crippen LogP contribution in [-0.4, -0.2) is 52.0 Å². The standard InChI is InChI=1S/C12H24N2O3/c1-3-11-10(4-6-17-11)8-14-12(15)9-13-5-7-16-2/h10-11,13H,3-9H2,1-2H3,(H,14,15). The van der Waals surface area contributed by atoms with Gasteiger partial charge in [0.15, 0.2) is 0 Å². The van der Waals surface area contributed by atoms with Gasteiger partial charge in [0.1, 0.15) is 0 Å². The Morgan fingerprint density at radius 2 is 2.35 bits per heavy atom. The Labute approximate surface area is 103 Å². The molecule has 1 heterocycles. The summed E-state index contributed by atoms with van der Waals surface area (Å²) in [6, 6.07) is 0. The van der Waals surface area contributed by atoms with Crippen molar-refractivity contribution in [2.75, 3.05) is 40.0 Å². The van der Waals surface area contributed by atoms with Crippen molar-refractivity contribution >= 4 is 5.91 Å². The molecule has 1 aliphatic rings. The molecule has 100 valence electrons. The lowest BCUT2D eigenvalue weighted by molar-refractivity contribution is -0.120. The highest BCUT2D eigenvalue weighted by atomic mass is 16.5. The lowest BCUT2D eigenvalue weighted by Gasteiger charge is -2.17. The predicted molar refractivity (Wildman–Crippen MR) is 65.9 cm³/mol. The minimum atomic E-state index is 0.0443. The molecule has 2 atom stereocenters. The summed E-state index contributed by atoms with van der Waals surface area (Å²) in [5, 5.41) is 5.96. The zero-order valence-corrected chi connectivity index (χ0v) is 10.8. The van der Waals surface area contributed by atoms with Gasteiger partial charge in [0.2, 0.25) is 5.91 Å². The third-order valence-electron chi connectivity index (χ3n) is 3.08. The lowest BCUT2D eigenvalue weighted by Crippen LogP contribution is -2.39. The van der Waals surface area contributed by atoms with Crippen LogP contribution in [0.2, 0.25) is 0 Å². The van der Waals surface area contributed by atoms with Crippen LogP contribution in [0.15, 0.2) is 0 Å². The van der Waals surface area contributed by atoms with Crippen molar-refractivity contribution in [1.82, 2.24) is 10.6 Å². The lowest BCUT2D eigenvalue weighted by atomic mass is 10.00. The maximum atomic E-state index is 11.5. The zero-order chi connectivity index (χ0) is 12.5. The first-order chi connectivity index (χ1) is 8.27. The molecule has 0 aromatic heterocycles. The SMILES string of the molecule is CCC1OCCC1CNC(=O)CNCCOC. The molecule has 0 spiro atoms. The van der Waals surface area contributed by atoms with E-state index in [1.165, 1.54) is 0 Å². The number of amides is 1. The van der Waals surface area contributed by atoms with Crippen LogP contribution in [0, 0.1) is 5.92 Å². The maximum absolute atomic E-state index is 11.5. The first kappa shape index (κ1) is 14.4. The van der Waals surface area contributed by atoms with Crippen molar-refractivity contribution in [1.29, 1.82) is 0 Å². The Morgan fingerprint density at radius 1 is 1.53 bits per heavy atom. The molecule has 0 bridgehead atoms. The van der Waals surface area contributed by atoms with Crippen LogP contribution < -0.4 is 10.6 Å². The molecule has 1 aliphatic heterocycles. The molecule has 1 fully saturated rings. The van der Waals surface area contributed by atoms with Crippen LogP contribution in [0.1, 0.15) is 19.8 Å². The third-order valence-corrected chi connectivity index (χ3v) is 3.08. The maximum Gasteiger partial charge on any atom is 0.233 e. The van der Waals surface area contributed by atoms with Gasteiger partial charge >= 0.3 is 0 Å². The summed E-state index contributed by atoms with van der Waals surface area (Å²) in [6.45, 7) is 5.36. The van der Waals surface area contributed by atoms with Gasteiger partial charge in [-0.3, -0.25) is 4.79 Å². The highest BCUT2D eigenvalue weighted by Gasteiger charge is 2.26. The topological polar surface area (TPSA) is 59.6 Å². The Kier molecular flexibility index (Phi) is 7.16. The van der Waals surface area contributed by atoms with Gasteiger partial charge in [0, 0.05) is 32.7 Å². The van der Waals surface area contributed by atoms with Gasteiger partial charge in [-0.05, 0) is 12.8 Å². The van der Waals surface area contributed by atoms with E-state index < -0.39 is 0 Å². The van der Waals surface area contributed by atoms with E-state index in [1.807, 2.05) is 0 Å². The Bertz CT molecular complexity index is 224. The number of ether oxygens (including phenoxy) is 2. The highest BCUT2D eigenvalue weighted by molar-refractivity contribution is 5.77. The molecular weight excluding hydrogens is 220 g/mol. The Balaban J connectivity index is 2.06. The quantitative estimate of drug-likeness (QED) is 0.597. The predicted octanol–water partition coefficient (Wildman–Crippen LogP) is 0.154. The second-order valence-corrected chi connectivity index (χ2v) is 4.34. The molecule has 1 saturated heterocycles. The molecule has 0 saturated carbocycles. The van der Waals surface area contributed by atoms with Crippen LogP contribution in [0.25, 0.3) is 0 Å².